The van der Waals surface area contributed by atoms with Crippen LogP contribution in [0, 0.1) is 0 Å². The van der Waals surface area contributed by atoms with E-state index < -0.39 is 0 Å². The Kier molecular flexibility index (Phi) is 11.2. The van der Waals surface area contributed by atoms with Crippen molar-refractivity contribution in [3.63, 3.8) is 0 Å². The maximum absolute atomic E-state index is 2.34. The van der Waals surface area contributed by atoms with Crippen LogP contribution in [0.2, 0.25) is 0 Å². The molecule has 2 nitrogen and oxygen atoms in total. The van der Waals surface area contributed by atoms with Crippen LogP contribution < -0.4 is 56.9 Å². The van der Waals surface area contributed by atoms with Crippen LogP contribution in [0.5, 0.6) is 0 Å². The molecule has 0 saturated heterocycles. The number of halogens is 2. The molecule has 0 spiro atoms. The fourth-order valence-corrected chi connectivity index (χ4v) is 3.84. The third kappa shape index (κ3) is 6.96. The molecule has 2 unspecified atom stereocenters. The van der Waals surface area contributed by atoms with E-state index in [2.05, 4.69) is 105 Å². The Morgan fingerprint density at radius 1 is 0.536 bits per heavy atom. The van der Waals surface area contributed by atoms with Gasteiger partial charge in [0.2, 0.25) is 0 Å². The molecule has 2 atom stereocenters. The van der Waals surface area contributed by atoms with Crippen LogP contribution >= 0.6 is 0 Å². The molecule has 0 aliphatic heterocycles. The van der Waals surface area contributed by atoms with Gasteiger partial charge in [-0.1, -0.05) is 38.1 Å². The summed E-state index contributed by atoms with van der Waals surface area (Å²) in [5.41, 5.74) is 5.63. The molecule has 0 aromatic heterocycles. The summed E-state index contributed by atoms with van der Waals surface area (Å²) in [7, 11) is 13.3. The van der Waals surface area contributed by atoms with Crippen LogP contribution in [0.4, 0.5) is 11.4 Å². The molecule has 2 rings (SSSR count). The van der Waals surface area contributed by atoms with Crippen molar-refractivity contribution in [1.29, 1.82) is 0 Å². The van der Waals surface area contributed by atoms with Gasteiger partial charge in [-0.25, -0.2) is 0 Å². The Labute approximate surface area is 207 Å². The van der Waals surface area contributed by atoms with Crippen molar-refractivity contribution in [1.82, 2.24) is 8.97 Å². The summed E-state index contributed by atoms with van der Waals surface area (Å²) in [5.74, 6) is 1.13. The summed E-state index contributed by atoms with van der Waals surface area (Å²) in [6.45, 7) is 4.64. The van der Waals surface area contributed by atoms with E-state index in [0.717, 1.165) is 8.97 Å². The molecule has 158 valence electrons. The van der Waals surface area contributed by atoms with Gasteiger partial charge in [0, 0.05) is 0 Å². The lowest BCUT2D eigenvalue weighted by molar-refractivity contribution is -0.00100. The predicted molar refractivity (Wildman–Crippen MR) is 118 cm³/mol. The lowest BCUT2D eigenvalue weighted by Gasteiger charge is -2.29. The van der Waals surface area contributed by atoms with Crippen LogP contribution in [0.1, 0.15) is 49.7 Å². The number of hydrogen-bond donors (Lipinski definition) is 0. The minimum atomic E-state index is 0. The fraction of sp³-hybridized carbons (Fsp3) is 0.500. The zero-order valence-corrected chi connectivity index (χ0v) is 23.2. The summed E-state index contributed by atoms with van der Waals surface area (Å²) < 4.78 is 1.72. The third-order valence-corrected chi connectivity index (χ3v) is 5.56. The minimum absolute atomic E-state index is 0. The van der Waals surface area contributed by atoms with Crippen LogP contribution in [0.15, 0.2) is 48.5 Å². The van der Waals surface area contributed by atoms with E-state index in [1.165, 1.54) is 35.3 Å². The van der Waals surface area contributed by atoms with Crippen molar-refractivity contribution in [3.8, 4) is 0 Å². The molecule has 0 saturated carbocycles. The Morgan fingerprint density at radius 2 is 0.786 bits per heavy atom. The number of rotatable bonds is 7. The second-order valence-corrected chi connectivity index (χ2v) is 9.24. The van der Waals surface area contributed by atoms with Gasteiger partial charge in [0.05, 0.1) is 42.3 Å². The van der Waals surface area contributed by atoms with Crippen molar-refractivity contribution < 1.29 is 48.0 Å². The van der Waals surface area contributed by atoms with Gasteiger partial charge in [-0.2, -0.15) is 0 Å². The zero-order chi connectivity index (χ0) is 19.5. The molecular formula is C24H38I2N2. The van der Waals surface area contributed by atoms with Crippen molar-refractivity contribution in [3.05, 3.63) is 59.7 Å². The van der Waals surface area contributed by atoms with E-state index in [1.54, 1.807) is 0 Å². The van der Waals surface area contributed by atoms with E-state index >= 15 is 0 Å². The van der Waals surface area contributed by atoms with Crippen molar-refractivity contribution in [2.45, 2.75) is 38.5 Å². The molecule has 2 aromatic rings. The first kappa shape index (κ1) is 27.8. The van der Waals surface area contributed by atoms with Crippen LogP contribution in [-0.2, 0) is 0 Å². The van der Waals surface area contributed by atoms with Crippen molar-refractivity contribution in [2.24, 2.45) is 0 Å². The first-order valence-corrected chi connectivity index (χ1v) is 9.91. The lowest BCUT2D eigenvalue weighted by Crippen LogP contribution is -3.00. The van der Waals surface area contributed by atoms with Crippen molar-refractivity contribution in [2.75, 3.05) is 42.3 Å². The van der Waals surface area contributed by atoms with E-state index in [1.807, 2.05) is 0 Å². The number of hydrogen-bond acceptors (Lipinski definition) is 0. The Hall–Kier alpha value is -0.180. The van der Waals surface area contributed by atoms with Crippen molar-refractivity contribution >= 4 is 11.4 Å². The van der Waals surface area contributed by atoms with Gasteiger partial charge in [-0.15, -0.1) is 0 Å². The van der Waals surface area contributed by atoms with Crippen LogP contribution in [-0.4, -0.2) is 42.3 Å². The first-order chi connectivity index (χ1) is 12.1. The smallest absolute Gasteiger partial charge is 0.132 e. The summed E-state index contributed by atoms with van der Waals surface area (Å²) >= 11 is 0. The zero-order valence-electron chi connectivity index (χ0n) is 18.8. The van der Waals surface area contributed by atoms with E-state index in [-0.39, 0.29) is 48.0 Å². The minimum Gasteiger partial charge on any atom is -1.00 e. The summed E-state index contributed by atoms with van der Waals surface area (Å²) in [5, 5.41) is 0. The summed E-state index contributed by atoms with van der Waals surface area (Å²) in [6, 6.07) is 18.6. The maximum atomic E-state index is 2.34. The number of nitrogens with zero attached hydrogens (tertiary/aromatic N) is 2. The quantitative estimate of drug-likeness (QED) is 0.302. The highest BCUT2D eigenvalue weighted by atomic mass is 127. The third-order valence-electron chi connectivity index (χ3n) is 5.56. The normalized spacial score (nSPS) is 13.9. The van der Waals surface area contributed by atoms with Crippen LogP contribution in [0.3, 0.4) is 0 Å². The molecule has 0 radical (unpaired) electrons. The Bertz CT molecular complexity index is 632. The SMILES string of the molecule is CCC(c1ccc([N+](C)(C)C)cc1)C(CC)c1ccc([N+](C)(C)C)cc1.[I-].[I-]. The molecule has 0 N–H and O–H groups in total. The van der Waals surface area contributed by atoms with E-state index in [0.29, 0.717) is 11.8 Å². The first-order valence-electron chi connectivity index (χ1n) is 9.91. The monoisotopic (exact) mass is 608 g/mol. The molecule has 0 aliphatic carbocycles. The number of benzene rings is 2. The van der Waals surface area contributed by atoms with E-state index in [9.17, 15) is 0 Å². The van der Waals surface area contributed by atoms with Gasteiger partial charge < -0.3 is 48.0 Å². The molecule has 0 heterocycles. The van der Waals surface area contributed by atoms with Crippen LogP contribution in [0.25, 0.3) is 0 Å². The highest BCUT2D eigenvalue weighted by Crippen LogP contribution is 2.39. The van der Waals surface area contributed by atoms with Gasteiger partial charge in [0.25, 0.3) is 0 Å². The van der Waals surface area contributed by atoms with Gasteiger partial charge in [0.15, 0.2) is 0 Å². The van der Waals surface area contributed by atoms with Gasteiger partial charge in [-0.3, -0.25) is 8.97 Å². The second kappa shape index (κ2) is 11.3. The fourth-order valence-electron chi connectivity index (χ4n) is 3.84. The van der Waals surface area contributed by atoms with E-state index in [4.69, 9.17) is 0 Å². The molecule has 0 bridgehead atoms. The molecule has 0 amide bonds. The van der Waals surface area contributed by atoms with Gasteiger partial charge in [-0.05, 0) is 60.1 Å². The average molecular weight is 608 g/mol. The summed E-state index contributed by atoms with van der Waals surface area (Å²) in [4.78, 5) is 0. The Morgan fingerprint density at radius 3 is 0.964 bits per heavy atom. The standard InChI is InChI=1S/C24H38N2.2HI/c1-9-23(19-11-15-21(16-12-19)25(3,4)5)24(10-2)20-13-17-22(18-14-20)26(6,7)8;;/h11-18,23-24H,9-10H2,1-8H3;2*1H/q+2;;/p-2. The van der Waals surface area contributed by atoms with Gasteiger partial charge in [0.1, 0.15) is 11.4 Å². The molecule has 2 aromatic carbocycles. The molecular weight excluding hydrogens is 570 g/mol. The highest BCUT2D eigenvalue weighted by molar-refractivity contribution is 5.46. The highest BCUT2D eigenvalue weighted by Gasteiger charge is 2.23. The predicted octanol–water partition coefficient (Wildman–Crippen LogP) is -0.225. The lowest BCUT2D eigenvalue weighted by atomic mass is 9.78. The second-order valence-electron chi connectivity index (χ2n) is 9.24. The topological polar surface area (TPSA) is 0 Å². The Balaban J connectivity index is 0.00000364. The molecule has 0 fully saturated rings. The van der Waals surface area contributed by atoms with Gasteiger partial charge >= 0.3 is 0 Å². The average Bonchev–Trinajstić information content (AvgIpc) is 2.58. The largest absolute Gasteiger partial charge is 1.00 e. The number of quaternary nitrogens is 2. The molecule has 28 heavy (non-hydrogen) atoms. The maximum Gasteiger partial charge on any atom is 0.132 e. The summed E-state index contributed by atoms with van der Waals surface area (Å²) in [6.07, 6.45) is 2.33. The molecule has 0 aliphatic rings. The molecule has 4 heteroatoms.